The molecular weight excluding hydrogens is 356 g/mol. The van der Waals surface area contributed by atoms with Crippen molar-refractivity contribution in [3.05, 3.63) is 36.3 Å². The molecule has 9 nitrogen and oxygen atoms in total. The van der Waals surface area contributed by atoms with Gasteiger partial charge in [-0.15, -0.1) is 15.3 Å². The van der Waals surface area contributed by atoms with Crippen LogP contribution >= 0.6 is 0 Å². The second-order valence-corrected chi connectivity index (χ2v) is 7.35. The second-order valence-electron chi connectivity index (χ2n) is 7.35. The number of carbonyl (C=O) groups excluding carboxylic acids is 1. The van der Waals surface area contributed by atoms with E-state index in [4.69, 9.17) is 0 Å². The minimum atomic E-state index is 0.0849. The van der Waals surface area contributed by atoms with Crippen LogP contribution in [0.3, 0.4) is 0 Å². The van der Waals surface area contributed by atoms with Gasteiger partial charge in [-0.2, -0.15) is 4.52 Å². The molecule has 9 heteroatoms. The molecule has 4 heterocycles. The van der Waals surface area contributed by atoms with E-state index in [1.807, 2.05) is 37.4 Å². The molecule has 1 N–H and O–H groups in total. The number of hydrogen-bond donors (Lipinski definition) is 1. The molecule has 0 bridgehead atoms. The molecule has 28 heavy (non-hydrogen) atoms. The van der Waals surface area contributed by atoms with E-state index < -0.39 is 0 Å². The minimum Gasteiger partial charge on any atom is -0.367 e. The van der Waals surface area contributed by atoms with Gasteiger partial charge in [0.05, 0.1) is 11.9 Å². The molecule has 5 rings (SSSR count). The summed E-state index contributed by atoms with van der Waals surface area (Å²) in [5, 5.41) is 15.7. The molecule has 3 aromatic rings. The fourth-order valence-electron chi connectivity index (χ4n) is 3.47. The largest absolute Gasteiger partial charge is 0.367 e. The topological polar surface area (TPSA) is 91.5 Å². The summed E-state index contributed by atoms with van der Waals surface area (Å²) < 4.78 is 1.78. The standard InChI is InChI=1S/C19H22N8O/c1-13-22-23-17-6-7-18(24-27(13)17)26-10-8-25(9-11-26)15-4-5-16(20-12-15)21-19(28)14-2-3-14/h4-7,12,14H,2-3,8-11H2,1H3,(H,20,21,28). The van der Waals surface area contributed by atoms with Crippen molar-refractivity contribution in [3.8, 4) is 0 Å². The van der Waals surface area contributed by atoms with Gasteiger partial charge in [0.1, 0.15) is 11.6 Å². The molecule has 1 amide bonds. The van der Waals surface area contributed by atoms with E-state index >= 15 is 0 Å². The number of aromatic nitrogens is 5. The number of anilines is 3. The lowest BCUT2D eigenvalue weighted by atomic mass is 10.2. The van der Waals surface area contributed by atoms with Crippen LogP contribution in [-0.2, 0) is 4.79 Å². The Labute approximate surface area is 162 Å². The van der Waals surface area contributed by atoms with Gasteiger partial charge in [-0.3, -0.25) is 4.79 Å². The molecule has 0 spiro atoms. The zero-order valence-electron chi connectivity index (χ0n) is 15.7. The summed E-state index contributed by atoms with van der Waals surface area (Å²) in [4.78, 5) is 20.8. The van der Waals surface area contributed by atoms with Crippen molar-refractivity contribution in [1.29, 1.82) is 0 Å². The smallest absolute Gasteiger partial charge is 0.228 e. The molecule has 0 radical (unpaired) electrons. The average Bonchev–Trinajstić information content (AvgIpc) is 3.53. The summed E-state index contributed by atoms with van der Waals surface area (Å²) in [6.07, 6.45) is 3.82. The van der Waals surface area contributed by atoms with E-state index in [9.17, 15) is 4.79 Å². The summed E-state index contributed by atoms with van der Waals surface area (Å²) in [6.45, 7) is 5.42. The lowest BCUT2D eigenvalue weighted by Gasteiger charge is -2.36. The molecule has 2 fully saturated rings. The predicted octanol–water partition coefficient (Wildman–Crippen LogP) is 1.50. The maximum absolute atomic E-state index is 11.8. The first-order valence-electron chi connectivity index (χ1n) is 9.63. The highest BCUT2D eigenvalue weighted by molar-refractivity contribution is 5.93. The molecule has 0 unspecified atom stereocenters. The van der Waals surface area contributed by atoms with Crippen molar-refractivity contribution in [3.63, 3.8) is 0 Å². The highest BCUT2D eigenvalue weighted by Crippen LogP contribution is 2.30. The van der Waals surface area contributed by atoms with Gasteiger partial charge in [-0.1, -0.05) is 0 Å². The van der Waals surface area contributed by atoms with Gasteiger partial charge in [-0.25, -0.2) is 4.98 Å². The Kier molecular flexibility index (Phi) is 4.07. The van der Waals surface area contributed by atoms with E-state index in [0.717, 1.165) is 62.0 Å². The van der Waals surface area contributed by atoms with E-state index in [2.05, 4.69) is 35.4 Å². The number of nitrogens with zero attached hydrogens (tertiary/aromatic N) is 7. The fraction of sp³-hybridized carbons (Fsp3) is 0.421. The molecule has 1 aliphatic heterocycles. The summed E-state index contributed by atoms with van der Waals surface area (Å²) in [6, 6.07) is 7.85. The van der Waals surface area contributed by atoms with Gasteiger partial charge in [0.15, 0.2) is 11.5 Å². The summed E-state index contributed by atoms with van der Waals surface area (Å²) in [5.74, 6) is 2.62. The Bertz CT molecular complexity index is 1000. The predicted molar refractivity (Wildman–Crippen MR) is 106 cm³/mol. The third-order valence-corrected chi connectivity index (χ3v) is 5.32. The van der Waals surface area contributed by atoms with Crippen molar-refractivity contribution in [1.82, 2.24) is 24.8 Å². The van der Waals surface area contributed by atoms with Crippen LogP contribution in [0.15, 0.2) is 30.5 Å². The van der Waals surface area contributed by atoms with Gasteiger partial charge >= 0.3 is 0 Å². The number of aryl methyl sites for hydroxylation is 1. The molecule has 1 saturated carbocycles. The molecule has 3 aromatic heterocycles. The molecule has 2 aliphatic rings. The third kappa shape index (κ3) is 3.23. The Morgan fingerprint density at radius 3 is 2.54 bits per heavy atom. The number of nitrogens with one attached hydrogen (secondary N) is 1. The van der Waals surface area contributed by atoms with Crippen LogP contribution in [0.25, 0.3) is 5.65 Å². The zero-order chi connectivity index (χ0) is 19.1. The first-order valence-corrected chi connectivity index (χ1v) is 9.63. The van der Waals surface area contributed by atoms with Crippen molar-refractivity contribution in [2.75, 3.05) is 41.3 Å². The number of piperazine rings is 1. The number of pyridine rings is 1. The number of rotatable bonds is 4. The van der Waals surface area contributed by atoms with Crippen molar-refractivity contribution >= 4 is 28.9 Å². The summed E-state index contributed by atoms with van der Waals surface area (Å²) in [5.41, 5.74) is 1.84. The Balaban J connectivity index is 1.22. The van der Waals surface area contributed by atoms with Crippen LogP contribution in [0.2, 0.25) is 0 Å². The Morgan fingerprint density at radius 1 is 1.04 bits per heavy atom. The minimum absolute atomic E-state index is 0.0849. The van der Waals surface area contributed by atoms with Crippen LogP contribution in [0.4, 0.5) is 17.3 Å². The average molecular weight is 378 g/mol. The summed E-state index contributed by atoms with van der Waals surface area (Å²) >= 11 is 0. The van der Waals surface area contributed by atoms with Gasteiger partial charge in [-0.05, 0) is 44.0 Å². The SMILES string of the molecule is Cc1nnc2ccc(N3CCN(c4ccc(NC(=O)C5CC5)nc4)CC3)nn12. The summed E-state index contributed by atoms with van der Waals surface area (Å²) in [7, 11) is 0. The molecule has 0 aromatic carbocycles. The van der Waals surface area contributed by atoms with E-state index in [-0.39, 0.29) is 11.8 Å². The number of fused-ring (bicyclic) bond motifs is 1. The van der Waals surface area contributed by atoms with Crippen LogP contribution in [0.1, 0.15) is 18.7 Å². The van der Waals surface area contributed by atoms with E-state index in [0.29, 0.717) is 5.82 Å². The van der Waals surface area contributed by atoms with Gasteiger partial charge in [0, 0.05) is 32.1 Å². The van der Waals surface area contributed by atoms with Crippen molar-refractivity contribution < 1.29 is 4.79 Å². The van der Waals surface area contributed by atoms with Crippen LogP contribution in [0.5, 0.6) is 0 Å². The number of hydrogen-bond acceptors (Lipinski definition) is 7. The van der Waals surface area contributed by atoms with Crippen molar-refractivity contribution in [2.45, 2.75) is 19.8 Å². The van der Waals surface area contributed by atoms with Gasteiger partial charge < -0.3 is 15.1 Å². The van der Waals surface area contributed by atoms with Crippen molar-refractivity contribution in [2.24, 2.45) is 5.92 Å². The molecule has 144 valence electrons. The maximum Gasteiger partial charge on any atom is 0.228 e. The number of amides is 1. The molecule has 1 aliphatic carbocycles. The highest BCUT2D eigenvalue weighted by atomic mass is 16.2. The Hall–Kier alpha value is -3.23. The molecule has 1 saturated heterocycles. The van der Waals surface area contributed by atoms with Crippen LogP contribution in [-0.4, -0.2) is 56.9 Å². The lowest BCUT2D eigenvalue weighted by Crippen LogP contribution is -2.47. The molecular formula is C19H22N8O. The zero-order valence-corrected chi connectivity index (χ0v) is 15.7. The van der Waals surface area contributed by atoms with Gasteiger partial charge in [0.25, 0.3) is 0 Å². The van der Waals surface area contributed by atoms with Gasteiger partial charge in [0.2, 0.25) is 5.91 Å². The van der Waals surface area contributed by atoms with E-state index in [1.165, 1.54) is 0 Å². The monoisotopic (exact) mass is 378 g/mol. The quantitative estimate of drug-likeness (QED) is 0.736. The maximum atomic E-state index is 11.8. The second kappa shape index (κ2) is 6.74. The molecule has 0 atom stereocenters. The number of carbonyl (C=O) groups is 1. The Morgan fingerprint density at radius 2 is 1.82 bits per heavy atom. The fourth-order valence-corrected chi connectivity index (χ4v) is 3.47. The third-order valence-electron chi connectivity index (χ3n) is 5.32. The van der Waals surface area contributed by atoms with Crippen LogP contribution < -0.4 is 15.1 Å². The highest BCUT2D eigenvalue weighted by Gasteiger charge is 2.29. The first kappa shape index (κ1) is 16.9. The van der Waals surface area contributed by atoms with Crippen LogP contribution in [0, 0.1) is 12.8 Å². The lowest BCUT2D eigenvalue weighted by molar-refractivity contribution is -0.117. The van der Waals surface area contributed by atoms with E-state index in [1.54, 1.807) is 4.52 Å². The first-order chi connectivity index (χ1) is 13.7. The normalized spacial score (nSPS) is 17.2.